The molecule has 2 aromatic heterocycles. The van der Waals surface area contributed by atoms with Crippen LogP contribution in [0.5, 0.6) is 0 Å². The number of rotatable bonds is 5. The quantitative estimate of drug-likeness (QED) is 0.745. The van der Waals surface area contributed by atoms with Crippen LogP contribution in [-0.4, -0.2) is 30.9 Å². The molecule has 4 rings (SSSR count). The fourth-order valence-corrected chi connectivity index (χ4v) is 2.59. The highest BCUT2D eigenvalue weighted by molar-refractivity contribution is 5.75. The molecule has 3 aromatic rings. The van der Waals surface area contributed by atoms with E-state index in [0.29, 0.717) is 23.1 Å². The summed E-state index contributed by atoms with van der Waals surface area (Å²) in [5.74, 6) is 0.323. The van der Waals surface area contributed by atoms with Crippen molar-refractivity contribution in [2.75, 3.05) is 0 Å². The molecule has 1 fully saturated rings. The molecule has 8 heteroatoms. The van der Waals surface area contributed by atoms with E-state index in [4.69, 9.17) is 5.73 Å². The Morgan fingerprint density at radius 2 is 2.21 bits per heavy atom. The summed E-state index contributed by atoms with van der Waals surface area (Å²) in [4.78, 5) is 15.5. The van der Waals surface area contributed by atoms with E-state index in [1.807, 2.05) is 6.07 Å². The van der Waals surface area contributed by atoms with Crippen molar-refractivity contribution in [2.24, 2.45) is 5.73 Å². The zero-order valence-corrected chi connectivity index (χ0v) is 12.7. The number of hydrogen-bond donors (Lipinski definition) is 2. The van der Waals surface area contributed by atoms with E-state index in [1.54, 1.807) is 12.1 Å². The Bertz CT molecular complexity index is 911. The van der Waals surface area contributed by atoms with E-state index in [1.165, 1.54) is 16.8 Å². The van der Waals surface area contributed by atoms with Gasteiger partial charge in [-0.25, -0.2) is 14.1 Å². The minimum absolute atomic E-state index is 0.0881. The van der Waals surface area contributed by atoms with Gasteiger partial charge in [-0.1, -0.05) is 6.07 Å². The highest BCUT2D eigenvalue weighted by Gasteiger charge is 2.27. The van der Waals surface area contributed by atoms with Gasteiger partial charge in [0.15, 0.2) is 11.6 Å². The zero-order chi connectivity index (χ0) is 16.7. The van der Waals surface area contributed by atoms with Gasteiger partial charge in [-0.2, -0.15) is 10.2 Å². The molecule has 24 heavy (non-hydrogen) atoms. The van der Waals surface area contributed by atoms with E-state index in [9.17, 15) is 9.18 Å². The summed E-state index contributed by atoms with van der Waals surface area (Å²) in [6.45, 7) is 0. The van der Waals surface area contributed by atoms with Crippen molar-refractivity contribution in [1.29, 1.82) is 0 Å². The number of nitrogens with one attached hydrogen (secondary N) is 1. The first-order chi connectivity index (χ1) is 11.6. The first-order valence-corrected chi connectivity index (χ1v) is 7.66. The number of hydrogen-bond acceptors (Lipinski definition) is 4. The molecule has 1 aromatic carbocycles. The Hall–Kier alpha value is -3.03. The average molecular weight is 326 g/mol. The first kappa shape index (κ1) is 14.6. The number of halogens is 1. The van der Waals surface area contributed by atoms with Crippen LogP contribution in [0, 0.1) is 5.82 Å². The van der Waals surface area contributed by atoms with Crippen LogP contribution < -0.4 is 5.73 Å². The summed E-state index contributed by atoms with van der Waals surface area (Å²) in [6.07, 6.45) is 2.20. The largest absolute Gasteiger partial charge is 0.369 e. The molecule has 3 N–H and O–H groups in total. The lowest BCUT2D eigenvalue weighted by Crippen LogP contribution is -2.14. The number of amides is 1. The number of carbonyl (C=O) groups excluding carboxylic acids is 1. The highest BCUT2D eigenvalue weighted by Crippen LogP contribution is 2.39. The van der Waals surface area contributed by atoms with Crippen LogP contribution in [0.15, 0.2) is 30.3 Å². The Kier molecular flexibility index (Phi) is 3.37. The van der Waals surface area contributed by atoms with Gasteiger partial charge in [-0.15, -0.1) is 0 Å². The molecular weight excluding hydrogens is 311 g/mol. The minimum atomic E-state index is -0.529. The van der Waals surface area contributed by atoms with Crippen LogP contribution in [0.2, 0.25) is 0 Å². The molecule has 0 bridgehead atoms. The van der Waals surface area contributed by atoms with Crippen LogP contribution in [0.3, 0.4) is 0 Å². The second kappa shape index (κ2) is 5.55. The van der Waals surface area contributed by atoms with Gasteiger partial charge in [0.05, 0.1) is 12.1 Å². The fourth-order valence-electron chi connectivity index (χ4n) is 2.59. The summed E-state index contributed by atoms with van der Waals surface area (Å²) >= 11 is 0. The third kappa shape index (κ3) is 2.78. The lowest BCUT2D eigenvalue weighted by molar-refractivity contribution is -0.117. The molecular formula is C16H15FN6O. The monoisotopic (exact) mass is 326 g/mol. The SMILES string of the molecule is NC(=O)Cc1nc(-c2cc(C3CC3)[nH]n2)n(-c2cccc(F)c2)n1. The minimum Gasteiger partial charge on any atom is -0.369 e. The van der Waals surface area contributed by atoms with E-state index in [-0.39, 0.29) is 18.1 Å². The van der Waals surface area contributed by atoms with Gasteiger partial charge in [0.25, 0.3) is 0 Å². The molecule has 0 atom stereocenters. The van der Waals surface area contributed by atoms with E-state index in [2.05, 4.69) is 20.3 Å². The summed E-state index contributed by atoms with van der Waals surface area (Å²) in [6, 6.07) is 7.92. The third-order valence-corrected chi connectivity index (χ3v) is 3.88. The Morgan fingerprint density at radius 3 is 2.92 bits per heavy atom. The maximum absolute atomic E-state index is 13.6. The standard InChI is InChI=1S/C16H15FN6O/c17-10-2-1-3-11(6-10)23-16(19-15(22-23)8-14(18)24)13-7-12(20-21-13)9-4-5-9/h1-3,6-7,9H,4-5,8H2,(H2,18,24)(H,20,21). The fraction of sp³-hybridized carbons (Fsp3) is 0.250. The van der Waals surface area contributed by atoms with Gasteiger partial charge in [0.2, 0.25) is 5.91 Å². The van der Waals surface area contributed by atoms with Crippen LogP contribution in [0.25, 0.3) is 17.2 Å². The van der Waals surface area contributed by atoms with Crippen LogP contribution in [0.1, 0.15) is 30.3 Å². The number of H-pyrrole nitrogens is 1. The number of benzene rings is 1. The molecule has 0 unspecified atom stereocenters. The second-order valence-corrected chi connectivity index (χ2v) is 5.87. The normalized spacial score (nSPS) is 14.0. The Balaban J connectivity index is 1.80. The van der Waals surface area contributed by atoms with Gasteiger partial charge < -0.3 is 5.73 Å². The number of primary amides is 1. The maximum Gasteiger partial charge on any atom is 0.225 e. The highest BCUT2D eigenvalue weighted by atomic mass is 19.1. The molecule has 0 radical (unpaired) electrons. The number of aromatic amines is 1. The van der Waals surface area contributed by atoms with E-state index in [0.717, 1.165) is 18.5 Å². The molecule has 2 heterocycles. The molecule has 1 aliphatic carbocycles. The Labute approximate surface area is 136 Å². The molecule has 1 saturated carbocycles. The van der Waals surface area contributed by atoms with Crippen molar-refractivity contribution in [3.05, 3.63) is 47.7 Å². The van der Waals surface area contributed by atoms with Gasteiger partial charge >= 0.3 is 0 Å². The third-order valence-electron chi connectivity index (χ3n) is 3.88. The number of aromatic nitrogens is 5. The number of nitrogens with zero attached hydrogens (tertiary/aromatic N) is 4. The zero-order valence-electron chi connectivity index (χ0n) is 12.7. The van der Waals surface area contributed by atoms with Crippen molar-refractivity contribution in [2.45, 2.75) is 25.2 Å². The number of nitrogens with two attached hydrogens (primary N) is 1. The van der Waals surface area contributed by atoms with E-state index < -0.39 is 5.91 Å². The molecule has 122 valence electrons. The predicted molar refractivity (Wildman–Crippen MR) is 83.8 cm³/mol. The lowest BCUT2D eigenvalue weighted by Gasteiger charge is -2.03. The first-order valence-electron chi connectivity index (χ1n) is 7.66. The van der Waals surface area contributed by atoms with Crippen molar-refractivity contribution in [1.82, 2.24) is 25.0 Å². The summed E-state index contributed by atoms with van der Waals surface area (Å²) in [7, 11) is 0. The van der Waals surface area contributed by atoms with E-state index >= 15 is 0 Å². The predicted octanol–water partition coefficient (Wildman–Crippen LogP) is 1.70. The van der Waals surface area contributed by atoms with Gasteiger partial charge in [-0.3, -0.25) is 9.89 Å². The molecule has 1 amide bonds. The van der Waals surface area contributed by atoms with Gasteiger partial charge in [-0.05, 0) is 37.1 Å². The van der Waals surface area contributed by atoms with Gasteiger partial charge in [0, 0.05) is 11.6 Å². The van der Waals surface area contributed by atoms with Crippen molar-refractivity contribution in [3.8, 4) is 17.2 Å². The Morgan fingerprint density at radius 1 is 1.38 bits per heavy atom. The van der Waals surface area contributed by atoms with Crippen LogP contribution in [-0.2, 0) is 11.2 Å². The average Bonchev–Trinajstić information content (AvgIpc) is 3.12. The molecule has 0 spiro atoms. The smallest absolute Gasteiger partial charge is 0.225 e. The van der Waals surface area contributed by atoms with Crippen LogP contribution in [0.4, 0.5) is 4.39 Å². The summed E-state index contributed by atoms with van der Waals surface area (Å²) < 4.78 is 15.0. The molecule has 0 aliphatic heterocycles. The maximum atomic E-state index is 13.6. The lowest BCUT2D eigenvalue weighted by atomic mass is 10.2. The van der Waals surface area contributed by atoms with Crippen molar-refractivity contribution < 1.29 is 9.18 Å². The topological polar surface area (TPSA) is 102 Å². The molecule has 7 nitrogen and oxygen atoms in total. The molecule has 1 aliphatic rings. The second-order valence-electron chi connectivity index (χ2n) is 5.87. The number of carbonyl (C=O) groups is 1. The van der Waals surface area contributed by atoms with Crippen molar-refractivity contribution in [3.63, 3.8) is 0 Å². The van der Waals surface area contributed by atoms with Gasteiger partial charge in [0.1, 0.15) is 11.5 Å². The summed E-state index contributed by atoms with van der Waals surface area (Å²) in [5, 5.41) is 11.6. The van der Waals surface area contributed by atoms with Crippen LogP contribution >= 0.6 is 0 Å². The molecule has 0 saturated heterocycles. The summed E-state index contributed by atoms with van der Waals surface area (Å²) in [5.41, 5.74) is 7.38. The van der Waals surface area contributed by atoms with Crippen molar-refractivity contribution >= 4 is 5.91 Å².